The predicted octanol–water partition coefficient (Wildman–Crippen LogP) is 3.25. The molecule has 2 aromatic carbocycles. The number of carbonyl (C=O) groups excluding carboxylic acids is 4. The van der Waals surface area contributed by atoms with Crippen LogP contribution in [0, 0.1) is 16.0 Å². The Morgan fingerprint density at radius 2 is 1.74 bits per heavy atom. The fraction of sp³-hybridized carbons (Fsp3) is 0.564. The summed E-state index contributed by atoms with van der Waals surface area (Å²) in [5.74, 6) is -1.21. The van der Waals surface area contributed by atoms with Crippen LogP contribution in [0.4, 0.5) is 0 Å². The standard InChI is InChI=1S/C39H50N8O10/c1-5-6-13-33(48)46(20-25-14-16-26(17-15-25)27-10-7-8-11-28(27)36-41-43-44-42-36)30(19-23(2)3)37(49)40-24(4)38(50)45-18-9-12-29(45)39(51)56-31-21-54-35-32(57-47(52)53)22-55-34(31)35/h7-8,10-11,14-17,23-24,29-32,34-35H,5-6,9,12-13,18-22H2,1-4H3,(H,40,49)(H,41,42,43,44)/t24-,29-,30-,31?,32?,34+,35+/m0/s1. The summed E-state index contributed by atoms with van der Waals surface area (Å²) in [6.45, 7) is 7.87. The number of benzene rings is 2. The summed E-state index contributed by atoms with van der Waals surface area (Å²) in [6, 6.07) is 12.7. The molecule has 18 nitrogen and oxygen atoms in total. The molecule has 1 aromatic heterocycles. The number of unbranched alkanes of at least 4 members (excludes halogenated alkanes) is 1. The molecule has 3 fully saturated rings. The second-order valence-electron chi connectivity index (χ2n) is 15.1. The molecule has 3 amide bonds. The van der Waals surface area contributed by atoms with E-state index in [1.54, 1.807) is 11.8 Å². The molecule has 3 aromatic rings. The van der Waals surface area contributed by atoms with Crippen LogP contribution in [0.5, 0.6) is 0 Å². The van der Waals surface area contributed by atoms with Gasteiger partial charge in [-0.15, -0.1) is 20.3 Å². The Labute approximate surface area is 330 Å². The molecule has 3 aliphatic rings. The van der Waals surface area contributed by atoms with Gasteiger partial charge in [-0.05, 0) is 60.4 Å². The van der Waals surface area contributed by atoms with E-state index in [-0.39, 0.29) is 44.5 Å². The largest absolute Gasteiger partial charge is 0.455 e. The molecular formula is C39H50N8O10. The average Bonchev–Trinajstić information content (AvgIpc) is 4.03. The van der Waals surface area contributed by atoms with E-state index in [4.69, 9.17) is 14.2 Å². The molecule has 0 saturated carbocycles. The number of carbonyl (C=O) groups is 4. The molecule has 2 N–H and O–H groups in total. The van der Waals surface area contributed by atoms with E-state index in [0.717, 1.165) is 28.7 Å². The number of aromatic nitrogens is 4. The Balaban J connectivity index is 1.13. The van der Waals surface area contributed by atoms with Gasteiger partial charge in [0.25, 0.3) is 5.09 Å². The number of H-pyrrole nitrogens is 1. The number of nitrogens with one attached hydrogen (secondary N) is 2. The lowest BCUT2D eigenvalue weighted by molar-refractivity contribution is -0.769. The number of ether oxygens (including phenoxy) is 3. The third-order valence-electron chi connectivity index (χ3n) is 10.6. The lowest BCUT2D eigenvalue weighted by atomic mass is 9.97. The summed E-state index contributed by atoms with van der Waals surface area (Å²) in [5.41, 5.74) is 3.46. The van der Waals surface area contributed by atoms with E-state index in [9.17, 15) is 29.3 Å². The van der Waals surface area contributed by atoms with Gasteiger partial charge in [0.05, 0.1) is 13.2 Å². The van der Waals surface area contributed by atoms with Crippen molar-refractivity contribution in [3.05, 3.63) is 64.2 Å². The number of fused-ring (bicyclic) bond motifs is 1. The molecule has 6 rings (SSSR count). The maximum atomic E-state index is 14.2. The van der Waals surface area contributed by atoms with Crippen LogP contribution in [-0.2, 0) is 44.8 Å². The molecule has 4 heterocycles. The van der Waals surface area contributed by atoms with Crippen LogP contribution in [0.2, 0.25) is 0 Å². The number of likely N-dealkylation sites (tertiary alicyclic amines) is 1. The second-order valence-corrected chi connectivity index (χ2v) is 15.1. The predicted molar refractivity (Wildman–Crippen MR) is 202 cm³/mol. The van der Waals surface area contributed by atoms with Gasteiger partial charge in [0, 0.05) is 25.1 Å². The lowest BCUT2D eigenvalue weighted by Crippen LogP contribution is -2.56. The molecule has 57 heavy (non-hydrogen) atoms. The minimum atomic E-state index is -1.01. The first-order chi connectivity index (χ1) is 27.4. The van der Waals surface area contributed by atoms with Crippen LogP contribution in [0.25, 0.3) is 22.5 Å². The van der Waals surface area contributed by atoms with Crippen LogP contribution >= 0.6 is 0 Å². The fourth-order valence-corrected chi connectivity index (χ4v) is 7.71. The van der Waals surface area contributed by atoms with Gasteiger partial charge in [-0.2, -0.15) is 5.21 Å². The number of esters is 1. The van der Waals surface area contributed by atoms with Crippen molar-refractivity contribution in [3.8, 4) is 22.5 Å². The first-order valence-corrected chi connectivity index (χ1v) is 19.5. The minimum Gasteiger partial charge on any atom is -0.455 e. The molecule has 18 heteroatoms. The van der Waals surface area contributed by atoms with Crippen molar-refractivity contribution in [2.45, 2.75) is 115 Å². The maximum absolute atomic E-state index is 14.2. The summed E-state index contributed by atoms with van der Waals surface area (Å²) in [5, 5.41) is 27.3. The first kappa shape index (κ1) is 41.2. The van der Waals surface area contributed by atoms with Gasteiger partial charge in [0.1, 0.15) is 30.3 Å². The highest BCUT2D eigenvalue weighted by molar-refractivity contribution is 5.93. The lowest BCUT2D eigenvalue weighted by Gasteiger charge is -2.34. The van der Waals surface area contributed by atoms with Gasteiger partial charge >= 0.3 is 5.97 Å². The molecule has 0 spiro atoms. The quantitative estimate of drug-likeness (QED) is 0.114. The van der Waals surface area contributed by atoms with Crippen molar-refractivity contribution in [1.29, 1.82) is 0 Å². The summed E-state index contributed by atoms with van der Waals surface area (Å²) < 4.78 is 17.0. The van der Waals surface area contributed by atoms with E-state index >= 15 is 0 Å². The summed E-state index contributed by atoms with van der Waals surface area (Å²) in [7, 11) is 0. The van der Waals surface area contributed by atoms with Crippen molar-refractivity contribution in [3.63, 3.8) is 0 Å². The topological polar surface area (TPSA) is 221 Å². The molecule has 3 saturated heterocycles. The number of aromatic amines is 1. The van der Waals surface area contributed by atoms with Crippen molar-refractivity contribution in [2.75, 3.05) is 19.8 Å². The van der Waals surface area contributed by atoms with Crippen LogP contribution in [0.15, 0.2) is 48.5 Å². The number of tetrazole rings is 1. The molecular weight excluding hydrogens is 740 g/mol. The van der Waals surface area contributed by atoms with Crippen molar-refractivity contribution in [2.24, 2.45) is 5.92 Å². The molecule has 0 aliphatic carbocycles. The molecule has 2 unspecified atom stereocenters. The Bertz CT molecular complexity index is 1880. The molecule has 306 valence electrons. The van der Waals surface area contributed by atoms with Gasteiger partial charge in [-0.3, -0.25) is 14.4 Å². The third-order valence-corrected chi connectivity index (χ3v) is 10.6. The summed E-state index contributed by atoms with van der Waals surface area (Å²) >= 11 is 0. The zero-order chi connectivity index (χ0) is 40.6. The highest BCUT2D eigenvalue weighted by atomic mass is 17.0. The van der Waals surface area contributed by atoms with Crippen molar-refractivity contribution in [1.82, 2.24) is 35.7 Å². The molecule has 3 aliphatic heterocycles. The summed E-state index contributed by atoms with van der Waals surface area (Å²) in [6.07, 6.45) is -0.256. The van der Waals surface area contributed by atoms with Crippen molar-refractivity contribution >= 4 is 23.7 Å². The molecule has 7 atom stereocenters. The Morgan fingerprint density at radius 3 is 2.40 bits per heavy atom. The maximum Gasteiger partial charge on any atom is 0.329 e. The molecule has 0 bridgehead atoms. The SMILES string of the molecule is CCCCC(=O)N(Cc1ccc(-c2ccccc2-c2nn[nH]n2)cc1)[C@@H](CC(C)C)C(=O)N[C@@H](C)C(=O)N1CCC[C@H]1C(=O)OC1CO[C@@H]2C(O[N+](=O)[O-])CO[C@H]12. The summed E-state index contributed by atoms with van der Waals surface area (Å²) in [4.78, 5) is 73.9. The second kappa shape index (κ2) is 18.6. The number of rotatable bonds is 17. The zero-order valence-corrected chi connectivity index (χ0v) is 32.6. The first-order valence-electron chi connectivity index (χ1n) is 19.5. The number of hydrogen-bond donors (Lipinski definition) is 2. The van der Waals surface area contributed by atoms with E-state index in [1.807, 2.05) is 69.3 Å². The van der Waals surface area contributed by atoms with E-state index in [2.05, 4.69) is 30.8 Å². The average molecular weight is 791 g/mol. The third kappa shape index (κ3) is 9.73. The fourth-order valence-electron chi connectivity index (χ4n) is 7.71. The smallest absolute Gasteiger partial charge is 0.329 e. The number of nitrogens with zero attached hydrogens (tertiary/aromatic N) is 6. The van der Waals surface area contributed by atoms with Crippen LogP contribution in [0.3, 0.4) is 0 Å². The number of hydrogen-bond acceptors (Lipinski definition) is 13. The van der Waals surface area contributed by atoms with Crippen LogP contribution < -0.4 is 5.32 Å². The van der Waals surface area contributed by atoms with Crippen LogP contribution in [-0.4, -0.2) is 122 Å². The number of amides is 3. The Hall–Kier alpha value is -5.49. The highest BCUT2D eigenvalue weighted by Crippen LogP contribution is 2.33. The Kier molecular flexibility index (Phi) is 13.5. The molecule has 0 radical (unpaired) electrons. The van der Waals surface area contributed by atoms with Gasteiger partial charge in [-0.25, -0.2) is 4.79 Å². The van der Waals surface area contributed by atoms with Gasteiger partial charge in [0.15, 0.2) is 12.2 Å². The normalized spacial score (nSPS) is 22.5. The minimum absolute atomic E-state index is 0.0316. The van der Waals surface area contributed by atoms with E-state index in [1.165, 1.54) is 4.90 Å². The monoisotopic (exact) mass is 790 g/mol. The van der Waals surface area contributed by atoms with Gasteiger partial charge < -0.3 is 34.2 Å². The van der Waals surface area contributed by atoms with Gasteiger partial charge in [-0.1, -0.05) is 75.7 Å². The van der Waals surface area contributed by atoms with E-state index < -0.39 is 65.4 Å². The van der Waals surface area contributed by atoms with Gasteiger partial charge in [0.2, 0.25) is 23.5 Å². The zero-order valence-electron chi connectivity index (χ0n) is 32.6. The van der Waals surface area contributed by atoms with Crippen molar-refractivity contribution < 1.29 is 43.3 Å². The van der Waals surface area contributed by atoms with Crippen LogP contribution in [0.1, 0.15) is 71.8 Å². The Morgan fingerprint density at radius 1 is 1.04 bits per heavy atom. The van der Waals surface area contributed by atoms with E-state index in [0.29, 0.717) is 31.5 Å². The highest BCUT2D eigenvalue weighted by Gasteiger charge is 2.52.